The van der Waals surface area contributed by atoms with Crippen LogP contribution in [0.15, 0.2) is 30.6 Å². The van der Waals surface area contributed by atoms with Crippen molar-refractivity contribution in [2.24, 2.45) is 0 Å². The number of carbonyl (C=O) groups excluding carboxylic acids is 1. The lowest BCUT2D eigenvalue weighted by Crippen LogP contribution is -2.39. The third-order valence-electron chi connectivity index (χ3n) is 4.52. The highest BCUT2D eigenvalue weighted by Gasteiger charge is 2.26. The van der Waals surface area contributed by atoms with Gasteiger partial charge in [0.25, 0.3) is 0 Å². The quantitative estimate of drug-likeness (QED) is 0.944. The summed E-state index contributed by atoms with van der Waals surface area (Å²) in [4.78, 5) is 14.6. The fourth-order valence-electron chi connectivity index (χ4n) is 3.22. The summed E-state index contributed by atoms with van der Waals surface area (Å²) in [6, 6.07) is 6.30. The first-order valence-corrected chi connectivity index (χ1v) is 8.05. The van der Waals surface area contributed by atoms with E-state index in [4.69, 9.17) is 0 Å². The van der Waals surface area contributed by atoms with Crippen LogP contribution in [0.3, 0.4) is 0 Å². The fraction of sp³-hybridized carbons (Fsp3) is 0.529. The van der Waals surface area contributed by atoms with Crippen molar-refractivity contribution < 1.29 is 4.79 Å². The van der Waals surface area contributed by atoms with Crippen molar-refractivity contribution in [3.8, 4) is 0 Å². The molecule has 2 aromatic rings. The average molecular weight is 300 g/mol. The molecular formula is C17H24N4O. The molecule has 2 aromatic heterocycles. The number of nitrogens with one attached hydrogen (secondary N) is 1. The predicted octanol–water partition coefficient (Wildman–Crippen LogP) is 2.88. The van der Waals surface area contributed by atoms with E-state index in [2.05, 4.69) is 27.8 Å². The number of H-pyrrole nitrogens is 1. The van der Waals surface area contributed by atoms with Gasteiger partial charge in [-0.25, -0.2) is 0 Å². The third kappa shape index (κ3) is 3.24. The number of piperidine rings is 1. The van der Waals surface area contributed by atoms with E-state index in [-0.39, 0.29) is 11.9 Å². The largest absolute Gasteiger partial charge is 0.351 e. The number of hydrogen-bond acceptors (Lipinski definition) is 2. The van der Waals surface area contributed by atoms with Crippen molar-refractivity contribution in [2.45, 2.75) is 45.1 Å². The zero-order valence-corrected chi connectivity index (χ0v) is 13.3. The van der Waals surface area contributed by atoms with Crippen molar-refractivity contribution in [3.63, 3.8) is 0 Å². The van der Waals surface area contributed by atoms with Gasteiger partial charge in [-0.3, -0.25) is 9.89 Å². The molecule has 0 radical (unpaired) electrons. The molecule has 5 nitrogen and oxygen atoms in total. The van der Waals surface area contributed by atoms with Gasteiger partial charge in [0.1, 0.15) is 0 Å². The Morgan fingerprint density at radius 2 is 2.23 bits per heavy atom. The molecule has 1 fully saturated rings. The van der Waals surface area contributed by atoms with Gasteiger partial charge in [0.2, 0.25) is 5.91 Å². The second-order valence-corrected chi connectivity index (χ2v) is 6.34. The maximum atomic E-state index is 12.6. The summed E-state index contributed by atoms with van der Waals surface area (Å²) in [5, 5.41) is 7.37. The first-order chi connectivity index (χ1) is 10.6. The van der Waals surface area contributed by atoms with Gasteiger partial charge in [-0.05, 0) is 44.9 Å². The number of aryl methyl sites for hydroxylation is 1. The second-order valence-electron chi connectivity index (χ2n) is 6.34. The molecule has 0 saturated carbocycles. The lowest BCUT2D eigenvalue weighted by Gasteiger charge is -2.32. The Kier molecular flexibility index (Phi) is 4.32. The highest BCUT2D eigenvalue weighted by molar-refractivity contribution is 5.76. The van der Waals surface area contributed by atoms with Crippen LogP contribution in [0.5, 0.6) is 0 Å². The first-order valence-electron chi connectivity index (χ1n) is 8.05. The molecule has 0 aromatic carbocycles. The molecule has 1 N–H and O–H groups in total. The van der Waals surface area contributed by atoms with Gasteiger partial charge in [-0.2, -0.15) is 5.10 Å². The number of amides is 1. The van der Waals surface area contributed by atoms with Gasteiger partial charge in [0, 0.05) is 49.6 Å². The molecule has 0 bridgehead atoms. The summed E-state index contributed by atoms with van der Waals surface area (Å²) in [5.41, 5.74) is 2.17. The maximum Gasteiger partial charge on any atom is 0.224 e. The van der Waals surface area contributed by atoms with E-state index < -0.39 is 0 Å². The standard InChI is InChI=1S/C17H24N4O/c1-13-10-16(19-18-13)15-6-5-9-21(12-15)17(22)11-14(2)20-7-3-4-8-20/h3-4,7-8,10,14-15H,5-6,9,11-12H2,1-2H3,(H,18,19). The zero-order chi connectivity index (χ0) is 15.5. The molecule has 5 heteroatoms. The number of aromatic nitrogens is 3. The Bertz CT molecular complexity index is 616. The molecule has 2 atom stereocenters. The van der Waals surface area contributed by atoms with E-state index >= 15 is 0 Å². The lowest BCUT2D eigenvalue weighted by atomic mass is 9.94. The van der Waals surface area contributed by atoms with Crippen molar-refractivity contribution in [1.82, 2.24) is 19.7 Å². The van der Waals surface area contributed by atoms with Crippen LogP contribution in [0, 0.1) is 6.92 Å². The lowest BCUT2D eigenvalue weighted by molar-refractivity contribution is -0.133. The van der Waals surface area contributed by atoms with Gasteiger partial charge in [-0.1, -0.05) is 0 Å². The van der Waals surface area contributed by atoms with Crippen LogP contribution in [0.2, 0.25) is 0 Å². The zero-order valence-electron chi connectivity index (χ0n) is 13.3. The summed E-state index contributed by atoms with van der Waals surface area (Å²) in [6.45, 7) is 5.77. The summed E-state index contributed by atoms with van der Waals surface area (Å²) in [5.74, 6) is 0.614. The third-order valence-corrected chi connectivity index (χ3v) is 4.52. The maximum absolute atomic E-state index is 12.6. The number of hydrogen-bond donors (Lipinski definition) is 1. The molecule has 1 aliphatic rings. The summed E-state index contributed by atoms with van der Waals surface area (Å²) < 4.78 is 2.09. The van der Waals surface area contributed by atoms with Gasteiger partial charge < -0.3 is 9.47 Å². The van der Waals surface area contributed by atoms with Crippen LogP contribution < -0.4 is 0 Å². The Labute approximate surface area is 131 Å². The average Bonchev–Trinajstić information content (AvgIpc) is 3.18. The molecular weight excluding hydrogens is 276 g/mol. The predicted molar refractivity (Wildman–Crippen MR) is 85.6 cm³/mol. The van der Waals surface area contributed by atoms with Crippen LogP contribution in [-0.2, 0) is 4.79 Å². The van der Waals surface area contributed by atoms with Crippen molar-refractivity contribution in [3.05, 3.63) is 42.0 Å². The Morgan fingerprint density at radius 3 is 2.91 bits per heavy atom. The van der Waals surface area contributed by atoms with Gasteiger partial charge in [-0.15, -0.1) is 0 Å². The smallest absolute Gasteiger partial charge is 0.224 e. The summed E-state index contributed by atoms with van der Waals surface area (Å²) in [7, 11) is 0. The Morgan fingerprint density at radius 1 is 1.45 bits per heavy atom. The van der Waals surface area contributed by atoms with Crippen LogP contribution in [-0.4, -0.2) is 38.7 Å². The minimum atomic E-state index is 0.204. The normalized spacial score (nSPS) is 20.1. The molecule has 2 unspecified atom stereocenters. The van der Waals surface area contributed by atoms with Crippen molar-refractivity contribution in [1.29, 1.82) is 0 Å². The summed E-state index contributed by atoms with van der Waals surface area (Å²) in [6.07, 6.45) is 6.76. The SMILES string of the molecule is Cc1cc(C2CCCN(C(=O)CC(C)n3cccc3)C2)n[nH]1. The Balaban J connectivity index is 1.60. The highest BCUT2D eigenvalue weighted by Crippen LogP contribution is 2.27. The van der Waals surface area contributed by atoms with Gasteiger partial charge >= 0.3 is 0 Å². The Hall–Kier alpha value is -2.04. The summed E-state index contributed by atoms with van der Waals surface area (Å²) >= 11 is 0. The van der Waals surface area contributed by atoms with Crippen molar-refractivity contribution >= 4 is 5.91 Å². The molecule has 22 heavy (non-hydrogen) atoms. The van der Waals surface area contributed by atoms with Crippen LogP contribution in [0.4, 0.5) is 0 Å². The van der Waals surface area contributed by atoms with E-state index in [1.54, 1.807) is 0 Å². The molecule has 0 spiro atoms. The monoisotopic (exact) mass is 300 g/mol. The van der Waals surface area contributed by atoms with Crippen LogP contribution in [0.25, 0.3) is 0 Å². The number of likely N-dealkylation sites (tertiary alicyclic amines) is 1. The molecule has 1 aliphatic heterocycles. The van der Waals surface area contributed by atoms with E-state index in [1.807, 2.05) is 36.4 Å². The molecule has 1 saturated heterocycles. The topological polar surface area (TPSA) is 53.9 Å². The number of nitrogens with zero attached hydrogens (tertiary/aromatic N) is 3. The molecule has 3 rings (SSSR count). The van der Waals surface area contributed by atoms with E-state index in [0.717, 1.165) is 37.3 Å². The highest BCUT2D eigenvalue weighted by atomic mass is 16.2. The van der Waals surface area contributed by atoms with Gasteiger partial charge in [0.05, 0.1) is 5.69 Å². The van der Waals surface area contributed by atoms with Crippen LogP contribution >= 0.6 is 0 Å². The van der Waals surface area contributed by atoms with Gasteiger partial charge in [0.15, 0.2) is 0 Å². The minimum Gasteiger partial charge on any atom is -0.351 e. The van der Waals surface area contributed by atoms with Crippen LogP contribution in [0.1, 0.15) is 49.5 Å². The molecule has 0 aliphatic carbocycles. The van der Waals surface area contributed by atoms with E-state index in [1.165, 1.54) is 0 Å². The van der Waals surface area contributed by atoms with E-state index in [9.17, 15) is 4.79 Å². The number of carbonyl (C=O) groups is 1. The number of rotatable bonds is 4. The fourth-order valence-corrected chi connectivity index (χ4v) is 3.22. The minimum absolute atomic E-state index is 0.204. The molecule has 3 heterocycles. The van der Waals surface area contributed by atoms with Crippen molar-refractivity contribution in [2.75, 3.05) is 13.1 Å². The molecule has 1 amide bonds. The van der Waals surface area contributed by atoms with E-state index in [0.29, 0.717) is 12.3 Å². The molecule has 118 valence electrons. The number of aromatic amines is 1. The first kappa shape index (κ1) is 14.9. The second kappa shape index (κ2) is 6.38.